The molecule has 0 aliphatic carbocycles. The van der Waals surface area contributed by atoms with Gasteiger partial charge in [-0.25, -0.2) is 15.0 Å². The smallest absolute Gasteiger partial charge is 0.260 e. The third-order valence-electron chi connectivity index (χ3n) is 4.11. The number of carbonyl (C=O) groups excluding carboxylic acids is 1. The summed E-state index contributed by atoms with van der Waals surface area (Å²) in [5.74, 6) is 0.901. The van der Waals surface area contributed by atoms with Gasteiger partial charge in [0.05, 0.1) is 6.20 Å². The van der Waals surface area contributed by atoms with Crippen LogP contribution in [0.1, 0.15) is 28.9 Å². The molecule has 0 bridgehead atoms. The third kappa shape index (κ3) is 4.18. The van der Waals surface area contributed by atoms with Crippen LogP contribution in [0, 0.1) is 0 Å². The van der Waals surface area contributed by atoms with Crippen molar-refractivity contribution in [3.8, 4) is 0 Å². The number of aromatic nitrogens is 3. The maximum Gasteiger partial charge on any atom is 0.260 e. The number of carbonyl (C=O) groups is 1. The summed E-state index contributed by atoms with van der Waals surface area (Å²) in [6, 6.07) is 2.48. The lowest BCUT2D eigenvalue weighted by Crippen LogP contribution is -2.27. The largest absolute Gasteiger partial charge is 0.370 e. The number of hydrogen-bond donors (Lipinski definition) is 3. The molecule has 1 fully saturated rings. The fraction of sp³-hybridized carbons (Fsp3) is 0.467. The lowest BCUT2D eigenvalue weighted by Gasteiger charge is -2.19. The van der Waals surface area contributed by atoms with E-state index in [2.05, 4.69) is 37.5 Å². The molecule has 128 valence electrons. The van der Waals surface area contributed by atoms with Crippen LogP contribution in [-0.4, -0.2) is 51.9 Å². The quantitative estimate of drug-likeness (QED) is 0.699. The number of rotatable bonds is 7. The van der Waals surface area contributed by atoms with Crippen LogP contribution in [0.3, 0.4) is 0 Å². The summed E-state index contributed by atoms with van der Waals surface area (Å²) in [6.07, 6.45) is 6.59. The Morgan fingerprint density at radius 1 is 1.42 bits per heavy atom. The van der Waals surface area contributed by atoms with E-state index in [1.165, 1.54) is 43.2 Å². The minimum absolute atomic E-state index is 0.408. The average molecular weight is 347 g/mol. The molecule has 0 spiro atoms. The van der Waals surface area contributed by atoms with Gasteiger partial charge in [0.25, 0.3) is 5.91 Å². The standard InChI is InChI=1S/C15H21N7OS/c1-22-6-2-3-10(22)4-5-17-12-7-13(20-9-19-12)21-15-18-8-11(24-15)14(16)23/h7-10H,2-6H2,1H3,(H2,16,23)(H2,17,18,19,20,21). The molecular formula is C15H21N7OS. The molecular weight excluding hydrogens is 326 g/mol. The second-order valence-corrected chi connectivity index (χ2v) is 6.83. The highest BCUT2D eigenvalue weighted by molar-refractivity contribution is 7.17. The molecule has 4 N–H and O–H groups in total. The van der Waals surface area contributed by atoms with Crippen molar-refractivity contribution in [1.82, 2.24) is 19.9 Å². The molecule has 9 heteroatoms. The van der Waals surface area contributed by atoms with Crippen molar-refractivity contribution in [2.45, 2.75) is 25.3 Å². The number of nitrogens with one attached hydrogen (secondary N) is 2. The molecule has 1 aliphatic heterocycles. The monoisotopic (exact) mass is 347 g/mol. The van der Waals surface area contributed by atoms with E-state index in [9.17, 15) is 4.79 Å². The Labute approximate surface area is 144 Å². The fourth-order valence-corrected chi connectivity index (χ4v) is 3.46. The minimum Gasteiger partial charge on any atom is -0.370 e. The second kappa shape index (κ2) is 7.54. The first-order valence-corrected chi connectivity index (χ1v) is 8.72. The van der Waals surface area contributed by atoms with Crippen molar-refractivity contribution in [3.63, 3.8) is 0 Å². The molecule has 24 heavy (non-hydrogen) atoms. The van der Waals surface area contributed by atoms with Crippen molar-refractivity contribution in [3.05, 3.63) is 23.5 Å². The molecule has 1 amide bonds. The van der Waals surface area contributed by atoms with Crippen LogP contribution in [0.25, 0.3) is 0 Å². The normalized spacial score (nSPS) is 17.8. The third-order valence-corrected chi connectivity index (χ3v) is 5.03. The topological polar surface area (TPSA) is 109 Å². The number of hydrogen-bond acceptors (Lipinski definition) is 8. The van der Waals surface area contributed by atoms with E-state index in [4.69, 9.17) is 5.73 Å². The fourth-order valence-electron chi connectivity index (χ4n) is 2.79. The van der Waals surface area contributed by atoms with Gasteiger partial charge >= 0.3 is 0 Å². The van der Waals surface area contributed by atoms with Crippen molar-refractivity contribution in [1.29, 1.82) is 0 Å². The van der Waals surface area contributed by atoms with E-state index in [1.807, 2.05) is 6.07 Å². The predicted molar refractivity (Wildman–Crippen MR) is 94.7 cm³/mol. The molecule has 3 rings (SSSR count). The Morgan fingerprint density at radius 3 is 2.96 bits per heavy atom. The Bertz CT molecular complexity index is 705. The molecule has 2 aromatic heterocycles. The van der Waals surface area contributed by atoms with E-state index in [1.54, 1.807) is 0 Å². The molecule has 0 saturated carbocycles. The van der Waals surface area contributed by atoms with Gasteiger partial charge in [-0.15, -0.1) is 0 Å². The highest BCUT2D eigenvalue weighted by Crippen LogP contribution is 2.22. The maximum absolute atomic E-state index is 11.1. The van der Waals surface area contributed by atoms with Gasteiger partial charge in [0, 0.05) is 18.7 Å². The number of likely N-dealkylation sites (tertiary alicyclic amines) is 1. The van der Waals surface area contributed by atoms with Gasteiger partial charge < -0.3 is 21.3 Å². The number of thiazole rings is 1. The summed E-state index contributed by atoms with van der Waals surface area (Å²) in [6.45, 7) is 2.06. The first-order chi connectivity index (χ1) is 11.6. The van der Waals surface area contributed by atoms with Crippen molar-refractivity contribution >= 4 is 34.0 Å². The van der Waals surface area contributed by atoms with Crippen LogP contribution in [0.4, 0.5) is 16.8 Å². The molecule has 8 nitrogen and oxygen atoms in total. The van der Waals surface area contributed by atoms with Gasteiger partial charge in [0.2, 0.25) is 0 Å². The SMILES string of the molecule is CN1CCCC1CCNc1cc(Nc2ncc(C(N)=O)s2)ncn1. The molecule has 1 saturated heterocycles. The molecule has 3 heterocycles. The Kier molecular flexibility index (Phi) is 5.21. The maximum atomic E-state index is 11.1. The number of nitrogens with zero attached hydrogens (tertiary/aromatic N) is 4. The lowest BCUT2D eigenvalue weighted by atomic mass is 10.1. The van der Waals surface area contributed by atoms with E-state index in [0.717, 1.165) is 18.8 Å². The van der Waals surface area contributed by atoms with Crippen molar-refractivity contribution in [2.24, 2.45) is 5.73 Å². The molecule has 0 radical (unpaired) electrons. The molecule has 2 aromatic rings. The lowest BCUT2D eigenvalue weighted by molar-refractivity contribution is 0.100. The number of primary amides is 1. The van der Waals surface area contributed by atoms with E-state index >= 15 is 0 Å². The number of anilines is 3. The van der Waals surface area contributed by atoms with Gasteiger partial charge in [-0.2, -0.15) is 0 Å². The van der Waals surface area contributed by atoms with Gasteiger partial charge in [-0.05, 0) is 32.9 Å². The molecule has 1 unspecified atom stereocenters. The Balaban J connectivity index is 1.54. The summed E-state index contributed by atoms with van der Waals surface area (Å²) in [7, 11) is 2.18. The highest BCUT2D eigenvalue weighted by Gasteiger charge is 2.19. The number of amides is 1. The van der Waals surface area contributed by atoms with E-state index in [0.29, 0.717) is 21.9 Å². The highest BCUT2D eigenvalue weighted by atomic mass is 32.1. The van der Waals surface area contributed by atoms with E-state index < -0.39 is 5.91 Å². The van der Waals surface area contributed by atoms with Gasteiger partial charge in [-0.1, -0.05) is 11.3 Å². The van der Waals surface area contributed by atoms with Crippen LogP contribution in [-0.2, 0) is 0 Å². The zero-order valence-corrected chi connectivity index (χ0v) is 14.3. The first kappa shape index (κ1) is 16.6. The van der Waals surface area contributed by atoms with Crippen LogP contribution in [0.15, 0.2) is 18.6 Å². The van der Waals surface area contributed by atoms with E-state index in [-0.39, 0.29) is 0 Å². The second-order valence-electron chi connectivity index (χ2n) is 5.80. The van der Waals surface area contributed by atoms with Crippen LogP contribution >= 0.6 is 11.3 Å². The Hall–Kier alpha value is -2.26. The van der Waals surface area contributed by atoms with Gasteiger partial charge in [0.15, 0.2) is 5.13 Å². The molecule has 1 aliphatic rings. The summed E-state index contributed by atoms with van der Waals surface area (Å²) in [5, 5.41) is 6.96. The van der Waals surface area contributed by atoms with Crippen molar-refractivity contribution in [2.75, 3.05) is 30.8 Å². The first-order valence-electron chi connectivity index (χ1n) is 7.90. The zero-order chi connectivity index (χ0) is 16.9. The van der Waals surface area contributed by atoms with Crippen LogP contribution in [0.5, 0.6) is 0 Å². The van der Waals surface area contributed by atoms with Gasteiger partial charge in [0.1, 0.15) is 22.8 Å². The minimum atomic E-state index is -0.484. The molecule has 1 atom stereocenters. The summed E-state index contributed by atoms with van der Waals surface area (Å²) < 4.78 is 0. The summed E-state index contributed by atoms with van der Waals surface area (Å²) in [4.78, 5) is 26.4. The van der Waals surface area contributed by atoms with Crippen LogP contribution < -0.4 is 16.4 Å². The van der Waals surface area contributed by atoms with Gasteiger partial charge in [-0.3, -0.25) is 4.79 Å². The average Bonchev–Trinajstić information content (AvgIpc) is 3.18. The van der Waals surface area contributed by atoms with Crippen LogP contribution in [0.2, 0.25) is 0 Å². The van der Waals surface area contributed by atoms with Crippen molar-refractivity contribution < 1.29 is 4.79 Å². The molecule has 0 aromatic carbocycles. The number of nitrogens with two attached hydrogens (primary N) is 1. The summed E-state index contributed by atoms with van der Waals surface area (Å²) in [5.41, 5.74) is 5.23. The summed E-state index contributed by atoms with van der Waals surface area (Å²) >= 11 is 1.19. The Morgan fingerprint density at radius 2 is 2.25 bits per heavy atom. The zero-order valence-electron chi connectivity index (χ0n) is 13.5. The predicted octanol–water partition coefficient (Wildman–Crippen LogP) is 1.67.